The molecule has 0 aliphatic carbocycles. The van der Waals surface area contributed by atoms with Crippen molar-refractivity contribution in [2.24, 2.45) is 0 Å². The van der Waals surface area contributed by atoms with Crippen molar-refractivity contribution < 1.29 is 13.9 Å². The van der Waals surface area contributed by atoms with Crippen molar-refractivity contribution >= 4 is 16.8 Å². The Kier molecular flexibility index (Phi) is 5.81. The van der Waals surface area contributed by atoms with Gasteiger partial charge in [-0.1, -0.05) is 0 Å². The first-order valence-corrected chi connectivity index (χ1v) is 9.47. The van der Waals surface area contributed by atoms with Gasteiger partial charge < -0.3 is 10.1 Å². The molecule has 8 heteroatoms. The first kappa shape index (κ1) is 20.4. The van der Waals surface area contributed by atoms with Crippen molar-refractivity contribution in [3.63, 3.8) is 0 Å². The molecule has 1 aromatic carbocycles. The van der Waals surface area contributed by atoms with Crippen LogP contribution in [-0.2, 0) is 16.1 Å². The van der Waals surface area contributed by atoms with Crippen LogP contribution < -0.4 is 10.9 Å². The highest BCUT2D eigenvalue weighted by molar-refractivity contribution is 5.79. The molecule has 0 radical (unpaired) electrons. The number of amides is 1. The molecule has 1 aliphatic rings. The van der Waals surface area contributed by atoms with E-state index in [1.165, 1.54) is 23.0 Å². The molecule has 1 aromatic heterocycles. The van der Waals surface area contributed by atoms with Crippen LogP contribution in [0.15, 0.2) is 29.3 Å². The van der Waals surface area contributed by atoms with E-state index in [2.05, 4.69) is 29.0 Å². The summed E-state index contributed by atoms with van der Waals surface area (Å²) in [6.45, 7) is 10.1. The van der Waals surface area contributed by atoms with Crippen LogP contribution in [0.5, 0.6) is 0 Å². The summed E-state index contributed by atoms with van der Waals surface area (Å²) in [5.74, 6) is -0.800. The maximum atomic E-state index is 13.4. The van der Waals surface area contributed by atoms with E-state index in [1.807, 2.05) is 13.8 Å². The van der Waals surface area contributed by atoms with E-state index < -0.39 is 11.4 Å². The number of aromatic nitrogens is 2. The summed E-state index contributed by atoms with van der Waals surface area (Å²) in [6, 6.07) is 3.84. The Hall–Kier alpha value is -2.32. The molecular formula is C20H27FN4O3. The molecule has 0 saturated carbocycles. The minimum Gasteiger partial charge on any atom is -0.373 e. The van der Waals surface area contributed by atoms with Gasteiger partial charge in [-0.2, -0.15) is 0 Å². The number of benzene rings is 1. The highest BCUT2D eigenvalue weighted by atomic mass is 19.1. The molecule has 3 rings (SSSR count). The average molecular weight is 390 g/mol. The Bertz CT molecular complexity index is 917. The average Bonchev–Trinajstić information content (AvgIpc) is 2.62. The third-order valence-electron chi connectivity index (χ3n) is 5.09. The molecule has 1 saturated heterocycles. The summed E-state index contributed by atoms with van der Waals surface area (Å²) in [7, 11) is 0. The van der Waals surface area contributed by atoms with Gasteiger partial charge in [0.1, 0.15) is 12.4 Å². The predicted molar refractivity (Wildman–Crippen MR) is 105 cm³/mol. The molecule has 1 fully saturated rings. The van der Waals surface area contributed by atoms with Crippen LogP contribution in [0.25, 0.3) is 10.9 Å². The second-order valence-corrected chi connectivity index (χ2v) is 8.09. The summed E-state index contributed by atoms with van der Waals surface area (Å²) in [5, 5.41) is 3.06. The Labute approximate surface area is 163 Å². The second-order valence-electron chi connectivity index (χ2n) is 8.09. The monoisotopic (exact) mass is 390 g/mol. The number of halogens is 1. The molecule has 0 spiro atoms. The molecule has 28 heavy (non-hydrogen) atoms. The molecule has 1 aliphatic heterocycles. The normalized spacial score (nSPS) is 21.0. The Balaban J connectivity index is 1.65. The summed E-state index contributed by atoms with van der Waals surface area (Å²) >= 11 is 0. The number of carbonyl (C=O) groups is 1. The van der Waals surface area contributed by atoms with Gasteiger partial charge in [0, 0.05) is 25.2 Å². The maximum Gasteiger partial charge on any atom is 0.261 e. The van der Waals surface area contributed by atoms with Gasteiger partial charge >= 0.3 is 0 Å². The predicted octanol–water partition coefficient (Wildman–Crippen LogP) is 1.54. The third kappa shape index (κ3) is 4.56. The van der Waals surface area contributed by atoms with Crippen LogP contribution in [0.1, 0.15) is 27.7 Å². The quantitative estimate of drug-likeness (QED) is 0.838. The summed E-state index contributed by atoms with van der Waals surface area (Å²) in [6.07, 6.45) is 1.60. The number of fused-ring (bicyclic) bond motifs is 1. The SMILES string of the molecule is C[C@@H]1CN(C(C)(C)CNC(=O)Cn2cnc3ccc(F)cc3c2=O)C[C@@H](C)O1. The van der Waals surface area contributed by atoms with Crippen LogP contribution in [-0.4, -0.2) is 57.7 Å². The summed E-state index contributed by atoms with van der Waals surface area (Å²) in [4.78, 5) is 31.3. The number of nitrogens with zero attached hydrogens (tertiary/aromatic N) is 3. The van der Waals surface area contributed by atoms with E-state index in [1.54, 1.807) is 0 Å². The highest BCUT2D eigenvalue weighted by Crippen LogP contribution is 2.20. The molecule has 2 heterocycles. The number of hydrogen-bond donors (Lipinski definition) is 1. The fourth-order valence-corrected chi connectivity index (χ4v) is 3.55. The summed E-state index contributed by atoms with van der Waals surface area (Å²) < 4.78 is 20.4. The molecule has 2 aromatic rings. The second kappa shape index (κ2) is 7.97. The third-order valence-corrected chi connectivity index (χ3v) is 5.09. The maximum absolute atomic E-state index is 13.4. The lowest BCUT2D eigenvalue weighted by molar-refractivity contribution is -0.123. The van der Waals surface area contributed by atoms with Crippen LogP contribution in [0.2, 0.25) is 0 Å². The van der Waals surface area contributed by atoms with Crippen LogP contribution in [0.3, 0.4) is 0 Å². The molecule has 2 atom stereocenters. The van der Waals surface area contributed by atoms with E-state index in [4.69, 9.17) is 4.74 Å². The minimum absolute atomic E-state index is 0.140. The van der Waals surface area contributed by atoms with Crippen LogP contribution in [0.4, 0.5) is 4.39 Å². The standard InChI is InChI=1S/C20H27FN4O3/c1-13-8-25(9-14(2)28-13)20(3,4)11-22-18(26)10-24-12-23-17-6-5-15(21)7-16(17)19(24)27/h5-7,12-14H,8-11H2,1-4H3,(H,22,26)/t13-,14-/m1/s1. The number of carbonyl (C=O) groups excluding carboxylic acids is 1. The van der Waals surface area contributed by atoms with Gasteiger partial charge in [0.25, 0.3) is 5.56 Å². The lowest BCUT2D eigenvalue weighted by Crippen LogP contribution is -2.58. The van der Waals surface area contributed by atoms with Crippen molar-refractivity contribution in [1.29, 1.82) is 0 Å². The molecule has 0 bridgehead atoms. The number of morpholine rings is 1. The van der Waals surface area contributed by atoms with Crippen molar-refractivity contribution in [2.45, 2.75) is 52.0 Å². The zero-order chi connectivity index (χ0) is 20.5. The van der Waals surface area contributed by atoms with E-state index in [0.29, 0.717) is 12.1 Å². The molecule has 1 amide bonds. The van der Waals surface area contributed by atoms with E-state index in [9.17, 15) is 14.0 Å². The van der Waals surface area contributed by atoms with Crippen molar-refractivity contribution in [3.8, 4) is 0 Å². The topological polar surface area (TPSA) is 76.5 Å². The van der Waals surface area contributed by atoms with Crippen molar-refractivity contribution in [1.82, 2.24) is 19.8 Å². The van der Waals surface area contributed by atoms with E-state index in [-0.39, 0.29) is 35.6 Å². The van der Waals surface area contributed by atoms with Crippen molar-refractivity contribution in [2.75, 3.05) is 19.6 Å². The zero-order valence-electron chi connectivity index (χ0n) is 16.7. The number of nitrogens with one attached hydrogen (secondary N) is 1. The lowest BCUT2D eigenvalue weighted by atomic mass is 10.00. The first-order chi connectivity index (χ1) is 13.2. The molecular weight excluding hydrogens is 363 g/mol. The first-order valence-electron chi connectivity index (χ1n) is 9.47. The zero-order valence-corrected chi connectivity index (χ0v) is 16.7. The highest BCUT2D eigenvalue weighted by Gasteiger charge is 2.33. The van der Waals surface area contributed by atoms with Gasteiger partial charge in [-0.25, -0.2) is 9.37 Å². The minimum atomic E-state index is -0.510. The van der Waals surface area contributed by atoms with Crippen LogP contribution >= 0.6 is 0 Å². The Morgan fingerprint density at radius 2 is 2.00 bits per heavy atom. The van der Waals surface area contributed by atoms with Gasteiger partial charge in [-0.05, 0) is 45.9 Å². The smallest absolute Gasteiger partial charge is 0.261 e. The fraction of sp³-hybridized carbons (Fsp3) is 0.550. The van der Waals surface area contributed by atoms with Gasteiger partial charge in [0.15, 0.2) is 0 Å². The van der Waals surface area contributed by atoms with Crippen molar-refractivity contribution in [3.05, 3.63) is 40.7 Å². The molecule has 1 N–H and O–H groups in total. The fourth-order valence-electron chi connectivity index (χ4n) is 3.55. The summed E-state index contributed by atoms with van der Waals surface area (Å²) in [5.41, 5.74) is -0.285. The largest absolute Gasteiger partial charge is 0.373 e. The number of rotatable bonds is 5. The lowest BCUT2D eigenvalue weighted by Gasteiger charge is -2.45. The number of hydrogen-bond acceptors (Lipinski definition) is 5. The van der Waals surface area contributed by atoms with Crippen LogP contribution in [0, 0.1) is 5.82 Å². The van der Waals surface area contributed by atoms with Gasteiger partial charge in [0.05, 0.1) is 29.4 Å². The number of ether oxygens (including phenoxy) is 1. The molecule has 152 valence electrons. The van der Waals surface area contributed by atoms with Gasteiger partial charge in [0.2, 0.25) is 5.91 Å². The van der Waals surface area contributed by atoms with E-state index >= 15 is 0 Å². The van der Waals surface area contributed by atoms with E-state index in [0.717, 1.165) is 19.2 Å². The molecule has 0 unspecified atom stereocenters. The Morgan fingerprint density at radius 3 is 2.68 bits per heavy atom. The van der Waals surface area contributed by atoms with Gasteiger partial charge in [-0.15, -0.1) is 0 Å². The molecule has 7 nitrogen and oxygen atoms in total. The Morgan fingerprint density at radius 1 is 1.32 bits per heavy atom. The van der Waals surface area contributed by atoms with Gasteiger partial charge in [-0.3, -0.25) is 19.1 Å².